The van der Waals surface area contributed by atoms with Crippen molar-refractivity contribution in [3.63, 3.8) is 0 Å². The van der Waals surface area contributed by atoms with Gasteiger partial charge in [0.25, 0.3) is 0 Å². The molecule has 2 rings (SSSR count). The van der Waals surface area contributed by atoms with E-state index in [4.69, 9.17) is 5.26 Å². The highest BCUT2D eigenvalue weighted by Crippen LogP contribution is 2.21. The molecule has 1 aromatic carbocycles. The molecular formula is C15H14FN3. The van der Waals surface area contributed by atoms with Crippen LogP contribution in [0.25, 0.3) is 11.1 Å². The summed E-state index contributed by atoms with van der Waals surface area (Å²) in [5.74, 6) is -0.0842. The predicted octanol–water partition coefficient (Wildman–Crippen LogP) is 3.50. The van der Waals surface area contributed by atoms with Crippen LogP contribution < -0.4 is 0 Å². The maximum Gasteiger partial charge on any atom is 0.232 e. The molecule has 0 atom stereocenters. The number of aryl methyl sites for hydroxylation is 1. The van der Waals surface area contributed by atoms with Gasteiger partial charge in [-0.25, -0.2) is 14.4 Å². The van der Waals surface area contributed by atoms with Crippen molar-refractivity contribution in [3.05, 3.63) is 47.8 Å². The Kier molecular flexibility index (Phi) is 4.19. The lowest BCUT2D eigenvalue weighted by Gasteiger charge is -2.05. The lowest BCUT2D eigenvalue weighted by molar-refractivity contribution is 0.603. The molecule has 0 unspecified atom stereocenters. The molecule has 19 heavy (non-hydrogen) atoms. The number of benzene rings is 1. The Morgan fingerprint density at radius 3 is 2.53 bits per heavy atom. The van der Waals surface area contributed by atoms with Crippen molar-refractivity contribution in [1.29, 1.82) is 5.26 Å². The van der Waals surface area contributed by atoms with Crippen molar-refractivity contribution >= 4 is 0 Å². The van der Waals surface area contributed by atoms with Crippen LogP contribution in [0.1, 0.15) is 31.2 Å². The van der Waals surface area contributed by atoms with Gasteiger partial charge >= 0.3 is 0 Å². The molecule has 0 aliphatic rings. The van der Waals surface area contributed by atoms with Gasteiger partial charge in [-0.15, -0.1) is 0 Å². The Labute approximate surface area is 111 Å². The van der Waals surface area contributed by atoms with Crippen molar-refractivity contribution in [1.82, 2.24) is 9.97 Å². The summed E-state index contributed by atoms with van der Waals surface area (Å²) in [6.07, 6.45) is 5.85. The second-order valence-corrected chi connectivity index (χ2v) is 4.32. The lowest BCUT2D eigenvalue weighted by atomic mass is 10.0. The van der Waals surface area contributed by atoms with E-state index in [2.05, 4.69) is 16.9 Å². The molecule has 96 valence electrons. The number of rotatable bonds is 4. The van der Waals surface area contributed by atoms with E-state index in [1.165, 1.54) is 18.5 Å². The van der Waals surface area contributed by atoms with E-state index in [0.717, 1.165) is 30.4 Å². The van der Waals surface area contributed by atoms with Crippen LogP contribution in [0.2, 0.25) is 0 Å². The molecule has 0 saturated carbocycles. The summed E-state index contributed by atoms with van der Waals surface area (Å²) in [6, 6.07) is 7.01. The first-order valence-corrected chi connectivity index (χ1v) is 6.25. The van der Waals surface area contributed by atoms with E-state index in [-0.39, 0.29) is 11.6 Å². The fourth-order valence-electron chi connectivity index (χ4n) is 1.83. The second kappa shape index (κ2) is 6.05. The summed E-state index contributed by atoms with van der Waals surface area (Å²) in [4.78, 5) is 7.76. The highest BCUT2D eigenvalue weighted by molar-refractivity contribution is 5.62. The van der Waals surface area contributed by atoms with Gasteiger partial charge in [0, 0.05) is 18.0 Å². The number of nitrogens with zero attached hydrogens (tertiary/aromatic N) is 3. The molecule has 2 aromatic rings. The SMILES string of the molecule is CCCCc1ccc(-c2cnc(C#N)nc2)cc1F. The fraction of sp³-hybridized carbons (Fsp3) is 0.267. The maximum atomic E-state index is 13.9. The Morgan fingerprint density at radius 2 is 1.95 bits per heavy atom. The monoisotopic (exact) mass is 255 g/mol. The molecular weight excluding hydrogens is 241 g/mol. The van der Waals surface area contributed by atoms with Gasteiger partial charge in [-0.2, -0.15) is 5.26 Å². The van der Waals surface area contributed by atoms with Crippen molar-refractivity contribution in [3.8, 4) is 17.2 Å². The smallest absolute Gasteiger partial charge is 0.227 e. The minimum atomic E-state index is -0.199. The third-order valence-corrected chi connectivity index (χ3v) is 2.94. The first-order valence-electron chi connectivity index (χ1n) is 6.25. The zero-order chi connectivity index (χ0) is 13.7. The molecule has 4 heteroatoms. The second-order valence-electron chi connectivity index (χ2n) is 4.32. The average molecular weight is 255 g/mol. The van der Waals surface area contributed by atoms with Crippen molar-refractivity contribution in [2.45, 2.75) is 26.2 Å². The van der Waals surface area contributed by atoms with Crippen LogP contribution in [0, 0.1) is 17.1 Å². The molecule has 0 aliphatic carbocycles. The molecule has 0 aliphatic heterocycles. The topological polar surface area (TPSA) is 49.6 Å². The fourth-order valence-corrected chi connectivity index (χ4v) is 1.83. The third-order valence-electron chi connectivity index (χ3n) is 2.94. The molecule has 3 nitrogen and oxygen atoms in total. The molecule has 0 spiro atoms. The Balaban J connectivity index is 2.25. The van der Waals surface area contributed by atoms with Gasteiger partial charge in [0.15, 0.2) is 0 Å². The number of nitriles is 1. The van der Waals surface area contributed by atoms with Crippen LogP contribution in [0.3, 0.4) is 0 Å². The molecule has 1 aromatic heterocycles. The van der Waals surface area contributed by atoms with Gasteiger partial charge in [0.1, 0.15) is 11.9 Å². The van der Waals surface area contributed by atoms with Gasteiger partial charge in [0.2, 0.25) is 5.82 Å². The molecule has 0 N–H and O–H groups in total. The van der Waals surface area contributed by atoms with E-state index >= 15 is 0 Å². The Morgan fingerprint density at radius 1 is 1.21 bits per heavy atom. The highest BCUT2D eigenvalue weighted by atomic mass is 19.1. The maximum absolute atomic E-state index is 13.9. The minimum absolute atomic E-state index is 0.115. The average Bonchev–Trinajstić information content (AvgIpc) is 2.46. The highest BCUT2D eigenvalue weighted by Gasteiger charge is 2.06. The van der Waals surface area contributed by atoms with Crippen molar-refractivity contribution in [2.75, 3.05) is 0 Å². The van der Waals surface area contributed by atoms with Gasteiger partial charge < -0.3 is 0 Å². The number of halogens is 1. The predicted molar refractivity (Wildman–Crippen MR) is 70.8 cm³/mol. The van der Waals surface area contributed by atoms with Crippen LogP contribution in [-0.2, 0) is 6.42 Å². The molecule has 0 bridgehead atoms. The van der Waals surface area contributed by atoms with E-state index < -0.39 is 0 Å². The van der Waals surface area contributed by atoms with Gasteiger partial charge in [-0.1, -0.05) is 25.5 Å². The number of hydrogen-bond donors (Lipinski definition) is 0. The summed E-state index contributed by atoms with van der Waals surface area (Å²) in [5.41, 5.74) is 2.17. The molecule has 0 amide bonds. The first kappa shape index (κ1) is 13.2. The van der Waals surface area contributed by atoms with E-state index in [1.807, 2.05) is 12.1 Å². The summed E-state index contributed by atoms with van der Waals surface area (Å²) in [7, 11) is 0. The summed E-state index contributed by atoms with van der Waals surface area (Å²) >= 11 is 0. The van der Waals surface area contributed by atoms with Gasteiger partial charge in [-0.3, -0.25) is 0 Å². The summed E-state index contributed by atoms with van der Waals surface area (Å²) in [5, 5.41) is 8.63. The molecule has 0 saturated heterocycles. The molecule has 0 radical (unpaired) electrons. The van der Waals surface area contributed by atoms with Crippen LogP contribution in [-0.4, -0.2) is 9.97 Å². The van der Waals surface area contributed by atoms with Gasteiger partial charge in [-0.05, 0) is 30.0 Å². The van der Waals surface area contributed by atoms with Crippen LogP contribution in [0.15, 0.2) is 30.6 Å². The quantitative estimate of drug-likeness (QED) is 0.840. The number of aromatic nitrogens is 2. The normalized spacial score (nSPS) is 10.2. The van der Waals surface area contributed by atoms with Crippen LogP contribution >= 0.6 is 0 Å². The van der Waals surface area contributed by atoms with E-state index in [1.54, 1.807) is 6.07 Å². The van der Waals surface area contributed by atoms with Crippen molar-refractivity contribution < 1.29 is 4.39 Å². The molecule has 1 heterocycles. The Bertz CT molecular complexity index is 600. The lowest BCUT2D eigenvalue weighted by Crippen LogP contribution is -1.93. The van der Waals surface area contributed by atoms with Crippen LogP contribution in [0.5, 0.6) is 0 Å². The summed E-state index contributed by atoms with van der Waals surface area (Å²) in [6.45, 7) is 2.08. The number of hydrogen-bond acceptors (Lipinski definition) is 3. The van der Waals surface area contributed by atoms with E-state index in [9.17, 15) is 4.39 Å². The standard InChI is InChI=1S/C15H14FN3/c1-2-3-4-11-5-6-12(7-14(11)16)13-9-18-15(8-17)19-10-13/h5-7,9-10H,2-4H2,1H3. The summed E-state index contributed by atoms with van der Waals surface area (Å²) < 4.78 is 13.9. The zero-order valence-electron chi connectivity index (χ0n) is 10.7. The zero-order valence-corrected chi connectivity index (χ0v) is 10.7. The number of unbranched alkanes of at least 4 members (excludes halogenated alkanes) is 1. The largest absolute Gasteiger partial charge is 0.232 e. The van der Waals surface area contributed by atoms with Gasteiger partial charge in [0.05, 0.1) is 0 Å². The minimum Gasteiger partial charge on any atom is -0.227 e. The molecule has 0 fully saturated rings. The Hall–Kier alpha value is -2.28. The third kappa shape index (κ3) is 3.14. The van der Waals surface area contributed by atoms with Crippen molar-refractivity contribution in [2.24, 2.45) is 0 Å². The first-order chi connectivity index (χ1) is 9.24. The van der Waals surface area contributed by atoms with E-state index in [0.29, 0.717) is 5.56 Å². The van der Waals surface area contributed by atoms with Crippen LogP contribution in [0.4, 0.5) is 4.39 Å².